The zero-order valence-electron chi connectivity index (χ0n) is 10.7. The van der Waals surface area contributed by atoms with Gasteiger partial charge in [-0.3, -0.25) is 0 Å². The van der Waals surface area contributed by atoms with Crippen LogP contribution in [0, 0.1) is 11.8 Å². The molecule has 0 aliphatic rings. The van der Waals surface area contributed by atoms with E-state index in [1.165, 1.54) is 0 Å². The summed E-state index contributed by atoms with van der Waals surface area (Å²) in [7, 11) is 1.64. The van der Waals surface area contributed by atoms with Crippen LogP contribution in [0.2, 0.25) is 0 Å². The number of hydrogen-bond acceptors (Lipinski definition) is 3. The van der Waals surface area contributed by atoms with E-state index in [4.69, 9.17) is 9.47 Å². The monoisotopic (exact) mass is 396 g/mol. The van der Waals surface area contributed by atoms with Crippen LogP contribution in [0.1, 0.15) is 13.8 Å². The summed E-state index contributed by atoms with van der Waals surface area (Å²) < 4.78 is 12.8. The molecular weight excluding hydrogens is 380 g/mol. The Bertz CT molecular complexity index is 397. The molecule has 0 aliphatic heterocycles. The van der Waals surface area contributed by atoms with E-state index in [2.05, 4.69) is 58.3 Å². The number of methoxy groups -OCH3 is 1. The van der Waals surface area contributed by atoms with Crippen molar-refractivity contribution >= 4 is 44.5 Å². The van der Waals surface area contributed by atoms with Crippen LogP contribution in [0.5, 0.6) is 11.5 Å². The molecule has 5 heteroatoms. The lowest BCUT2D eigenvalue weighted by Gasteiger charge is -2.20. The number of rotatable bonds is 6. The van der Waals surface area contributed by atoms with E-state index in [1.807, 2.05) is 12.1 Å². The molecule has 0 saturated heterocycles. The maximum absolute atomic E-state index is 5.85. The molecule has 0 amide bonds. The van der Waals surface area contributed by atoms with Gasteiger partial charge in [-0.2, -0.15) is 12.6 Å². The van der Waals surface area contributed by atoms with Gasteiger partial charge in [0.15, 0.2) is 0 Å². The zero-order valence-corrected chi connectivity index (χ0v) is 14.8. The van der Waals surface area contributed by atoms with Crippen LogP contribution in [0.4, 0.5) is 0 Å². The Labute approximate surface area is 131 Å². The van der Waals surface area contributed by atoms with Crippen LogP contribution >= 0.6 is 44.5 Å². The highest BCUT2D eigenvalue weighted by atomic mass is 79.9. The molecule has 0 aromatic heterocycles. The fourth-order valence-electron chi connectivity index (χ4n) is 1.43. The van der Waals surface area contributed by atoms with Crippen molar-refractivity contribution in [3.8, 4) is 11.5 Å². The molecule has 2 nitrogen and oxygen atoms in total. The Morgan fingerprint density at radius 1 is 1.17 bits per heavy atom. The summed E-state index contributed by atoms with van der Waals surface area (Å²) >= 11 is 11.3. The smallest absolute Gasteiger partial charge is 0.134 e. The van der Waals surface area contributed by atoms with Crippen molar-refractivity contribution in [3.05, 3.63) is 21.1 Å². The van der Waals surface area contributed by atoms with Gasteiger partial charge in [0.05, 0.1) is 22.7 Å². The zero-order chi connectivity index (χ0) is 13.7. The lowest BCUT2D eigenvalue weighted by Crippen LogP contribution is -2.19. The summed E-state index contributed by atoms with van der Waals surface area (Å²) in [6, 6.07) is 3.81. The quantitative estimate of drug-likeness (QED) is 0.695. The maximum atomic E-state index is 5.85. The van der Waals surface area contributed by atoms with Crippen molar-refractivity contribution in [2.75, 3.05) is 19.5 Å². The highest BCUT2D eigenvalue weighted by Gasteiger charge is 2.14. The molecule has 1 rings (SSSR count). The number of ether oxygens (including phenoxy) is 2. The number of halogens is 2. The van der Waals surface area contributed by atoms with Crippen LogP contribution in [0.15, 0.2) is 21.1 Å². The normalized spacial score (nSPS) is 12.6. The lowest BCUT2D eigenvalue weighted by molar-refractivity contribution is 0.225. The van der Waals surface area contributed by atoms with Gasteiger partial charge in [0.2, 0.25) is 0 Å². The fraction of sp³-hybridized carbons (Fsp3) is 0.538. The standard InChI is InChI=1S/C13H18Br2O2S/c1-8(2)9(7-18)6-17-13-5-10(14)12(16-3)4-11(13)15/h4-5,8-9,18H,6-7H2,1-3H3. The van der Waals surface area contributed by atoms with Gasteiger partial charge in [-0.1, -0.05) is 13.8 Å². The van der Waals surface area contributed by atoms with E-state index < -0.39 is 0 Å². The van der Waals surface area contributed by atoms with Crippen LogP contribution in [-0.4, -0.2) is 19.5 Å². The predicted molar refractivity (Wildman–Crippen MR) is 86.1 cm³/mol. The number of thiol groups is 1. The van der Waals surface area contributed by atoms with Gasteiger partial charge in [0.25, 0.3) is 0 Å². The first kappa shape index (κ1) is 16.2. The van der Waals surface area contributed by atoms with Crippen molar-refractivity contribution in [1.29, 1.82) is 0 Å². The molecule has 0 N–H and O–H groups in total. The first-order valence-corrected chi connectivity index (χ1v) is 7.98. The molecule has 0 bridgehead atoms. The maximum Gasteiger partial charge on any atom is 0.134 e. The van der Waals surface area contributed by atoms with Crippen LogP contribution in [0.3, 0.4) is 0 Å². The Morgan fingerprint density at radius 2 is 1.72 bits per heavy atom. The van der Waals surface area contributed by atoms with Crippen LogP contribution in [-0.2, 0) is 0 Å². The minimum atomic E-state index is 0.445. The summed E-state index contributed by atoms with van der Waals surface area (Å²) in [4.78, 5) is 0. The summed E-state index contributed by atoms with van der Waals surface area (Å²) in [6.07, 6.45) is 0. The summed E-state index contributed by atoms with van der Waals surface area (Å²) in [5.74, 6) is 3.43. The average molecular weight is 398 g/mol. The minimum Gasteiger partial charge on any atom is -0.496 e. The van der Waals surface area contributed by atoms with Gasteiger partial charge in [-0.15, -0.1) is 0 Å². The molecule has 0 aliphatic carbocycles. The van der Waals surface area contributed by atoms with Crippen molar-refractivity contribution in [1.82, 2.24) is 0 Å². The molecule has 1 aromatic rings. The van der Waals surface area contributed by atoms with Crippen molar-refractivity contribution in [2.45, 2.75) is 13.8 Å². The summed E-state index contributed by atoms with van der Waals surface area (Å²) in [5.41, 5.74) is 0. The lowest BCUT2D eigenvalue weighted by atomic mass is 9.99. The van der Waals surface area contributed by atoms with E-state index in [0.29, 0.717) is 18.4 Å². The molecule has 0 radical (unpaired) electrons. The van der Waals surface area contributed by atoms with Gasteiger partial charge in [-0.25, -0.2) is 0 Å². The van der Waals surface area contributed by atoms with Crippen molar-refractivity contribution in [2.24, 2.45) is 11.8 Å². The second-order valence-electron chi connectivity index (χ2n) is 4.41. The average Bonchev–Trinajstić information content (AvgIpc) is 2.33. The van der Waals surface area contributed by atoms with E-state index in [9.17, 15) is 0 Å². The summed E-state index contributed by atoms with van der Waals surface area (Å²) in [6.45, 7) is 5.03. The second-order valence-corrected chi connectivity index (χ2v) is 6.49. The molecule has 0 heterocycles. The van der Waals surface area contributed by atoms with Crippen molar-refractivity contribution in [3.63, 3.8) is 0 Å². The van der Waals surface area contributed by atoms with Gasteiger partial charge in [0.1, 0.15) is 11.5 Å². The number of benzene rings is 1. The first-order chi connectivity index (χ1) is 8.49. The third kappa shape index (κ3) is 4.35. The SMILES string of the molecule is COc1cc(Br)c(OCC(CS)C(C)C)cc1Br. The van der Waals surface area contributed by atoms with Crippen LogP contribution < -0.4 is 9.47 Å². The fourth-order valence-corrected chi connectivity index (χ4v) is 2.88. The van der Waals surface area contributed by atoms with Gasteiger partial charge < -0.3 is 9.47 Å². The van der Waals surface area contributed by atoms with Crippen molar-refractivity contribution < 1.29 is 9.47 Å². The predicted octanol–water partition coefficient (Wildman–Crippen LogP) is 4.80. The molecule has 1 unspecified atom stereocenters. The van der Waals surface area contributed by atoms with Crippen LogP contribution in [0.25, 0.3) is 0 Å². The molecule has 0 spiro atoms. The van der Waals surface area contributed by atoms with E-state index in [0.717, 1.165) is 26.2 Å². The third-order valence-electron chi connectivity index (χ3n) is 2.84. The highest BCUT2D eigenvalue weighted by Crippen LogP contribution is 2.36. The molecular formula is C13H18Br2O2S. The minimum absolute atomic E-state index is 0.445. The van der Waals surface area contributed by atoms with E-state index >= 15 is 0 Å². The van der Waals surface area contributed by atoms with Gasteiger partial charge >= 0.3 is 0 Å². The molecule has 0 saturated carbocycles. The molecule has 0 fully saturated rings. The van der Waals surface area contributed by atoms with E-state index in [1.54, 1.807) is 7.11 Å². The largest absolute Gasteiger partial charge is 0.496 e. The Kier molecular flexibility index (Phi) is 6.88. The molecule has 1 aromatic carbocycles. The highest BCUT2D eigenvalue weighted by molar-refractivity contribution is 9.11. The second kappa shape index (κ2) is 7.65. The molecule has 102 valence electrons. The summed E-state index contributed by atoms with van der Waals surface area (Å²) in [5, 5.41) is 0. The van der Waals surface area contributed by atoms with Gasteiger partial charge in [0, 0.05) is 5.92 Å². The Morgan fingerprint density at radius 3 is 2.22 bits per heavy atom. The molecule has 18 heavy (non-hydrogen) atoms. The molecule has 1 atom stereocenters. The third-order valence-corrected chi connectivity index (χ3v) is 4.54. The first-order valence-electron chi connectivity index (χ1n) is 5.76. The topological polar surface area (TPSA) is 18.5 Å². The Hall–Kier alpha value is 0.130. The van der Waals surface area contributed by atoms with Gasteiger partial charge in [-0.05, 0) is 55.7 Å². The number of hydrogen-bond donors (Lipinski definition) is 1. The Balaban J connectivity index is 2.76. The van der Waals surface area contributed by atoms with E-state index in [-0.39, 0.29) is 0 Å².